The fourth-order valence-electron chi connectivity index (χ4n) is 3.67. The summed E-state index contributed by atoms with van der Waals surface area (Å²) in [6.45, 7) is 6.37. The molecule has 3 aromatic carbocycles. The van der Waals surface area contributed by atoms with Crippen molar-refractivity contribution >= 4 is 27.5 Å². The first-order chi connectivity index (χ1) is 12.2. The van der Waals surface area contributed by atoms with Gasteiger partial charge in [0.05, 0.1) is 11.0 Å². The van der Waals surface area contributed by atoms with Crippen LogP contribution in [0, 0.1) is 0 Å². The molecule has 0 N–H and O–H groups in total. The fraction of sp³-hybridized carbons (Fsp3) is 0.227. The number of aromatic nitrogens is 2. The molecule has 126 valence electrons. The quantitative estimate of drug-likeness (QED) is 0.510. The van der Waals surface area contributed by atoms with Crippen molar-refractivity contribution in [2.24, 2.45) is 7.05 Å². The van der Waals surface area contributed by atoms with Gasteiger partial charge in [0.25, 0.3) is 0 Å². The van der Waals surface area contributed by atoms with E-state index < -0.39 is 0 Å². The lowest BCUT2D eigenvalue weighted by molar-refractivity contribution is 0.864. The molecule has 0 aliphatic carbocycles. The average molecular weight is 329 g/mol. The molecule has 4 rings (SSSR count). The van der Waals surface area contributed by atoms with Crippen molar-refractivity contribution in [3.05, 3.63) is 60.7 Å². The fourth-order valence-corrected chi connectivity index (χ4v) is 3.67. The minimum atomic E-state index is 0.986. The van der Waals surface area contributed by atoms with Crippen LogP contribution in [0.1, 0.15) is 13.8 Å². The van der Waals surface area contributed by atoms with Gasteiger partial charge < -0.3 is 9.47 Å². The average Bonchev–Trinajstić information content (AvgIpc) is 3.00. The largest absolute Gasteiger partial charge is 0.371 e. The van der Waals surface area contributed by atoms with Crippen molar-refractivity contribution in [2.45, 2.75) is 13.8 Å². The van der Waals surface area contributed by atoms with E-state index >= 15 is 0 Å². The van der Waals surface area contributed by atoms with Gasteiger partial charge in [-0.2, -0.15) is 0 Å². The second-order valence-corrected chi connectivity index (χ2v) is 6.34. The summed E-state index contributed by atoms with van der Waals surface area (Å²) in [5, 5.41) is 2.44. The number of rotatable bonds is 4. The third-order valence-electron chi connectivity index (χ3n) is 5.03. The minimum absolute atomic E-state index is 0.986. The molecular formula is C22H23N3. The smallest absolute Gasteiger partial charge is 0.142 e. The van der Waals surface area contributed by atoms with Crippen LogP contribution in [0.5, 0.6) is 0 Å². The van der Waals surface area contributed by atoms with Crippen LogP contribution in [0.4, 0.5) is 5.69 Å². The van der Waals surface area contributed by atoms with Crippen molar-refractivity contribution in [1.29, 1.82) is 0 Å². The van der Waals surface area contributed by atoms with E-state index in [-0.39, 0.29) is 0 Å². The summed E-state index contributed by atoms with van der Waals surface area (Å²) in [5.74, 6) is 1.02. The van der Waals surface area contributed by atoms with Gasteiger partial charge in [0, 0.05) is 36.8 Å². The minimum Gasteiger partial charge on any atom is -0.371 e. The normalized spacial score (nSPS) is 11.3. The molecule has 0 amide bonds. The molecular weight excluding hydrogens is 306 g/mol. The summed E-state index contributed by atoms with van der Waals surface area (Å²) in [6, 6.07) is 21.4. The van der Waals surface area contributed by atoms with Gasteiger partial charge >= 0.3 is 0 Å². The highest BCUT2D eigenvalue weighted by Crippen LogP contribution is 2.34. The van der Waals surface area contributed by atoms with Gasteiger partial charge in [-0.1, -0.05) is 42.5 Å². The topological polar surface area (TPSA) is 21.1 Å². The molecule has 1 aromatic heterocycles. The van der Waals surface area contributed by atoms with Gasteiger partial charge in [0.15, 0.2) is 0 Å². The number of hydrogen-bond donors (Lipinski definition) is 0. The first-order valence-corrected chi connectivity index (χ1v) is 8.93. The number of hydrogen-bond acceptors (Lipinski definition) is 2. The highest BCUT2D eigenvalue weighted by Gasteiger charge is 2.16. The highest BCUT2D eigenvalue weighted by molar-refractivity contribution is 6.05. The number of fused-ring (bicyclic) bond motifs is 3. The summed E-state index contributed by atoms with van der Waals surface area (Å²) >= 11 is 0. The van der Waals surface area contributed by atoms with Gasteiger partial charge in [0.2, 0.25) is 0 Å². The van der Waals surface area contributed by atoms with Crippen molar-refractivity contribution in [2.75, 3.05) is 18.0 Å². The SMILES string of the molecule is CCN(CC)c1ccccc1-c1nc2c3ccccc3ccc2n1C. The van der Waals surface area contributed by atoms with Gasteiger partial charge in [-0.25, -0.2) is 4.98 Å². The van der Waals surface area contributed by atoms with Crippen LogP contribution >= 0.6 is 0 Å². The Labute approximate surface area is 148 Å². The van der Waals surface area contributed by atoms with Crippen LogP contribution < -0.4 is 4.90 Å². The number of benzene rings is 3. The standard InChI is InChI=1S/C22H23N3/c1-4-25(5-2)19-13-9-8-12-18(19)22-23-21-17-11-7-6-10-16(17)14-15-20(21)24(22)3/h6-15H,4-5H2,1-3H3. The van der Waals surface area contributed by atoms with Crippen molar-refractivity contribution < 1.29 is 0 Å². The van der Waals surface area contributed by atoms with E-state index in [0.717, 1.165) is 24.4 Å². The number of aryl methyl sites for hydroxylation is 1. The summed E-state index contributed by atoms with van der Waals surface area (Å²) in [6.07, 6.45) is 0. The summed E-state index contributed by atoms with van der Waals surface area (Å²) in [4.78, 5) is 7.44. The third-order valence-corrected chi connectivity index (χ3v) is 5.03. The predicted molar refractivity (Wildman–Crippen MR) is 107 cm³/mol. The molecule has 0 atom stereocenters. The Morgan fingerprint density at radius 3 is 2.40 bits per heavy atom. The highest BCUT2D eigenvalue weighted by atomic mass is 15.1. The first-order valence-electron chi connectivity index (χ1n) is 8.93. The Hall–Kier alpha value is -2.81. The summed E-state index contributed by atoms with van der Waals surface area (Å²) in [7, 11) is 2.11. The van der Waals surface area contributed by atoms with Crippen LogP contribution in [0.2, 0.25) is 0 Å². The Morgan fingerprint density at radius 2 is 1.60 bits per heavy atom. The van der Waals surface area contributed by atoms with E-state index in [4.69, 9.17) is 4.98 Å². The summed E-state index contributed by atoms with van der Waals surface area (Å²) in [5.41, 5.74) is 4.68. The predicted octanol–water partition coefficient (Wildman–Crippen LogP) is 5.24. The lowest BCUT2D eigenvalue weighted by Gasteiger charge is -2.23. The Kier molecular flexibility index (Phi) is 3.92. The molecule has 25 heavy (non-hydrogen) atoms. The van der Waals surface area contributed by atoms with Crippen molar-refractivity contribution in [3.8, 4) is 11.4 Å². The van der Waals surface area contributed by atoms with E-state index in [1.165, 1.54) is 27.5 Å². The lowest BCUT2D eigenvalue weighted by Crippen LogP contribution is -2.22. The molecule has 3 heteroatoms. The van der Waals surface area contributed by atoms with Crippen LogP contribution in [0.25, 0.3) is 33.2 Å². The molecule has 0 saturated heterocycles. The lowest BCUT2D eigenvalue weighted by atomic mass is 10.1. The first kappa shape index (κ1) is 15.7. The van der Waals surface area contributed by atoms with Crippen molar-refractivity contribution in [1.82, 2.24) is 9.55 Å². The van der Waals surface area contributed by atoms with Gasteiger partial charge in [0.1, 0.15) is 5.82 Å². The number of para-hydroxylation sites is 1. The van der Waals surface area contributed by atoms with E-state index in [1.807, 2.05) is 0 Å². The van der Waals surface area contributed by atoms with Crippen LogP contribution in [-0.4, -0.2) is 22.6 Å². The molecule has 0 aliphatic rings. The maximum Gasteiger partial charge on any atom is 0.142 e. The molecule has 1 heterocycles. The zero-order valence-electron chi connectivity index (χ0n) is 15.0. The zero-order chi connectivity index (χ0) is 17.4. The monoisotopic (exact) mass is 329 g/mol. The van der Waals surface area contributed by atoms with E-state index in [9.17, 15) is 0 Å². The molecule has 3 nitrogen and oxygen atoms in total. The molecule has 4 aromatic rings. The molecule has 0 bridgehead atoms. The molecule has 0 radical (unpaired) electrons. The Balaban J connectivity index is 2.00. The van der Waals surface area contributed by atoms with Gasteiger partial charge in [-0.15, -0.1) is 0 Å². The third kappa shape index (κ3) is 2.47. The Bertz CT molecular complexity index is 1040. The Morgan fingerprint density at radius 1 is 0.880 bits per heavy atom. The maximum atomic E-state index is 5.06. The van der Waals surface area contributed by atoms with Crippen molar-refractivity contribution in [3.63, 3.8) is 0 Å². The number of nitrogens with zero attached hydrogens (tertiary/aromatic N) is 3. The maximum absolute atomic E-state index is 5.06. The van der Waals surface area contributed by atoms with Crippen LogP contribution in [0.3, 0.4) is 0 Å². The molecule has 0 aliphatic heterocycles. The van der Waals surface area contributed by atoms with Gasteiger partial charge in [-0.05, 0) is 37.4 Å². The van der Waals surface area contributed by atoms with Gasteiger partial charge in [-0.3, -0.25) is 0 Å². The molecule has 0 fully saturated rings. The zero-order valence-corrected chi connectivity index (χ0v) is 15.0. The van der Waals surface area contributed by atoms with Crippen LogP contribution in [-0.2, 0) is 7.05 Å². The second-order valence-electron chi connectivity index (χ2n) is 6.34. The van der Waals surface area contributed by atoms with Crippen LogP contribution in [0.15, 0.2) is 60.7 Å². The number of imidazole rings is 1. The van der Waals surface area contributed by atoms with E-state index in [2.05, 4.69) is 91.0 Å². The molecule has 0 unspecified atom stereocenters. The summed E-state index contributed by atoms with van der Waals surface area (Å²) < 4.78 is 2.21. The van der Waals surface area contributed by atoms with E-state index in [0.29, 0.717) is 0 Å². The molecule has 0 saturated carbocycles. The molecule has 0 spiro atoms. The number of anilines is 1. The second kappa shape index (κ2) is 6.25. The van der Waals surface area contributed by atoms with E-state index in [1.54, 1.807) is 0 Å².